The molecular formula is C19H25FN2O3. The zero-order valence-corrected chi connectivity index (χ0v) is 14.7. The summed E-state index contributed by atoms with van der Waals surface area (Å²) in [4.78, 5) is 26.8. The van der Waals surface area contributed by atoms with Gasteiger partial charge < -0.3 is 10.1 Å². The molecule has 6 heteroatoms. The van der Waals surface area contributed by atoms with Gasteiger partial charge in [-0.3, -0.25) is 14.5 Å². The van der Waals surface area contributed by atoms with E-state index in [1.54, 1.807) is 30.1 Å². The Morgan fingerprint density at radius 3 is 2.56 bits per heavy atom. The largest absolute Gasteiger partial charge is 0.468 e. The van der Waals surface area contributed by atoms with E-state index >= 15 is 0 Å². The summed E-state index contributed by atoms with van der Waals surface area (Å²) in [6, 6.07) is 5.62. The maximum absolute atomic E-state index is 14.4. The summed E-state index contributed by atoms with van der Waals surface area (Å²) in [7, 11) is 3.09. The maximum Gasteiger partial charge on any atom is 0.323 e. The number of halogens is 1. The molecule has 2 fully saturated rings. The van der Waals surface area contributed by atoms with Crippen LogP contribution in [-0.4, -0.2) is 43.0 Å². The van der Waals surface area contributed by atoms with Crippen molar-refractivity contribution >= 4 is 11.9 Å². The van der Waals surface area contributed by atoms with Gasteiger partial charge in [0.15, 0.2) is 0 Å². The van der Waals surface area contributed by atoms with Crippen LogP contribution in [0, 0.1) is 11.7 Å². The highest BCUT2D eigenvalue weighted by molar-refractivity contribution is 5.83. The van der Waals surface area contributed by atoms with Gasteiger partial charge in [0, 0.05) is 17.6 Å². The van der Waals surface area contributed by atoms with Gasteiger partial charge in [-0.1, -0.05) is 31.0 Å². The van der Waals surface area contributed by atoms with E-state index in [0.717, 1.165) is 25.7 Å². The molecule has 136 valence electrons. The van der Waals surface area contributed by atoms with Crippen molar-refractivity contribution in [1.29, 1.82) is 0 Å². The first-order chi connectivity index (χ1) is 12.0. The van der Waals surface area contributed by atoms with Crippen molar-refractivity contribution in [3.63, 3.8) is 0 Å². The molecule has 5 nitrogen and oxygen atoms in total. The summed E-state index contributed by atoms with van der Waals surface area (Å²) in [5.41, 5.74) is 0.447. The minimum atomic E-state index is -0.547. The van der Waals surface area contributed by atoms with E-state index < -0.39 is 18.0 Å². The number of nitrogens with zero attached hydrogens (tertiary/aromatic N) is 1. The number of hydrogen-bond acceptors (Lipinski definition) is 4. The molecule has 1 heterocycles. The predicted octanol–water partition coefficient (Wildman–Crippen LogP) is 2.42. The second-order valence-electron chi connectivity index (χ2n) is 7.00. The van der Waals surface area contributed by atoms with Crippen LogP contribution >= 0.6 is 0 Å². The fourth-order valence-corrected chi connectivity index (χ4v) is 4.19. The highest BCUT2D eigenvalue weighted by Gasteiger charge is 2.48. The lowest BCUT2D eigenvalue weighted by molar-refractivity contribution is -0.145. The molecule has 25 heavy (non-hydrogen) atoms. The van der Waals surface area contributed by atoms with Crippen LogP contribution in [0.2, 0.25) is 0 Å². The standard InChI is InChI=1S/C19H25FN2O3/c1-22-16(19(24)25-2)11-14(18(23)21-12-7-3-4-8-12)17(22)13-9-5-6-10-15(13)20/h5-6,9-10,12,14,16-17H,3-4,7-8,11H2,1-2H3,(H,21,23)/t14-,16-,17-/m0/s1. The second kappa shape index (κ2) is 7.52. The lowest BCUT2D eigenvalue weighted by atomic mass is 9.91. The Hall–Kier alpha value is -1.95. The van der Waals surface area contributed by atoms with Crippen molar-refractivity contribution < 1.29 is 18.7 Å². The van der Waals surface area contributed by atoms with Gasteiger partial charge in [-0.2, -0.15) is 0 Å². The van der Waals surface area contributed by atoms with E-state index in [2.05, 4.69) is 5.32 Å². The molecule has 3 rings (SSSR count). The Labute approximate surface area is 147 Å². The van der Waals surface area contributed by atoms with Crippen LogP contribution in [0.3, 0.4) is 0 Å². The van der Waals surface area contributed by atoms with Gasteiger partial charge in [-0.25, -0.2) is 4.39 Å². The molecule has 0 spiro atoms. The zero-order valence-electron chi connectivity index (χ0n) is 14.7. The van der Waals surface area contributed by atoms with Crippen LogP contribution in [0.4, 0.5) is 4.39 Å². The molecule has 0 bridgehead atoms. The Morgan fingerprint density at radius 2 is 1.92 bits per heavy atom. The predicted molar refractivity (Wildman–Crippen MR) is 91.2 cm³/mol. The normalized spacial score (nSPS) is 27.4. The van der Waals surface area contributed by atoms with E-state index in [1.807, 2.05) is 0 Å². The smallest absolute Gasteiger partial charge is 0.323 e. The molecule has 0 radical (unpaired) electrons. The molecule has 1 amide bonds. The maximum atomic E-state index is 14.4. The fourth-order valence-electron chi connectivity index (χ4n) is 4.19. The van der Waals surface area contributed by atoms with Crippen molar-refractivity contribution in [3.05, 3.63) is 35.6 Å². The van der Waals surface area contributed by atoms with Crippen LogP contribution in [0.25, 0.3) is 0 Å². The van der Waals surface area contributed by atoms with Gasteiger partial charge in [0.2, 0.25) is 5.91 Å². The minimum absolute atomic E-state index is 0.0987. The van der Waals surface area contributed by atoms with Crippen LogP contribution in [0.1, 0.15) is 43.7 Å². The third-order valence-corrected chi connectivity index (χ3v) is 5.52. The molecule has 1 aromatic rings. The first-order valence-electron chi connectivity index (χ1n) is 8.87. The first kappa shape index (κ1) is 17.9. The number of esters is 1. The van der Waals surface area contributed by atoms with Gasteiger partial charge in [0.05, 0.1) is 13.0 Å². The van der Waals surface area contributed by atoms with Gasteiger partial charge >= 0.3 is 5.97 Å². The van der Waals surface area contributed by atoms with Gasteiger partial charge in [0.1, 0.15) is 11.9 Å². The number of likely N-dealkylation sites (tertiary alicyclic amines) is 1. The molecule has 1 aliphatic carbocycles. The minimum Gasteiger partial charge on any atom is -0.468 e. The van der Waals surface area contributed by atoms with E-state index in [9.17, 15) is 14.0 Å². The molecular weight excluding hydrogens is 323 g/mol. The van der Waals surface area contributed by atoms with Gasteiger partial charge in [-0.15, -0.1) is 0 Å². The van der Waals surface area contributed by atoms with Crippen molar-refractivity contribution in [2.45, 2.75) is 50.2 Å². The molecule has 1 aromatic carbocycles. The average Bonchev–Trinajstić information content (AvgIpc) is 3.22. The number of nitrogens with one attached hydrogen (secondary N) is 1. The fraction of sp³-hybridized carbons (Fsp3) is 0.579. The number of carbonyl (C=O) groups excluding carboxylic acids is 2. The van der Waals surface area contributed by atoms with Gasteiger partial charge in [0.25, 0.3) is 0 Å². The Bertz CT molecular complexity index is 645. The number of hydrogen-bond donors (Lipinski definition) is 1. The number of amides is 1. The lowest BCUT2D eigenvalue weighted by Gasteiger charge is -2.27. The van der Waals surface area contributed by atoms with E-state index in [-0.39, 0.29) is 23.7 Å². The SMILES string of the molecule is COC(=O)[C@@H]1C[C@H](C(=O)NC2CCCC2)[C@H](c2ccccc2F)N1C. The Morgan fingerprint density at radius 1 is 1.24 bits per heavy atom. The number of likely N-dealkylation sites (N-methyl/N-ethyl adjacent to an activating group) is 1. The highest BCUT2D eigenvalue weighted by Crippen LogP contribution is 2.41. The van der Waals surface area contributed by atoms with Crippen LogP contribution < -0.4 is 5.32 Å². The quantitative estimate of drug-likeness (QED) is 0.849. The monoisotopic (exact) mass is 348 g/mol. The third kappa shape index (κ3) is 3.54. The summed E-state index contributed by atoms with van der Waals surface area (Å²) in [5, 5.41) is 3.10. The Balaban J connectivity index is 1.88. The van der Waals surface area contributed by atoms with E-state index in [4.69, 9.17) is 4.74 Å². The van der Waals surface area contributed by atoms with Crippen LogP contribution in [0.15, 0.2) is 24.3 Å². The van der Waals surface area contributed by atoms with Crippen molar-refractivity contribution in [2.24, 2.45) is 5.92 Å². The number of carbonyl (C=O) groups is 2. The molecule has 0 aromatic heterocycles. The third-order valence-electron chi connectivity index (χ3n) is 5.52. The molecule has 0 unspecified atom stereocenters. The number of methoxy groups -OCH3 is 1. The van der Waals surface area contributed by atoms with Crippen LogP contribution in [-0.2, 0) is 14.3 Å². The molecule has 3 atom stereocenters. The van der Waals surface area contributed by atoms with Crippen molar-refractivity contribution in [2.75, 3.05) is 14.2 Å². The molecule has 1 saturated heterocycles. The van der Waals surface area contributed by atoms with Crippen LogP contribution in [0.5, 0.6) is 0 Å². The molecule has 2 aliphatic rings. The first-order valence-corrected chi connectivity index (χ1v) is 8.87. The lowest BCUT2D eigenvalue weighted by Crippen LogP contribution is -2.39. The highest BCUT2D eigenvalue weighted by atomic mass is 19.1. The van der Waals surface area contributed by atoms with Crippen molar-refractivity contribution in [3.8, 4) is 0 Å². The van der Waals surface area contributed by atoms with E-state index in [1.165, 1.54) is 13.2 Å². The number of benzene rings is 1. The summed E-state index contributed by atoms with van der Waals surface area (Å²) < 4.78 is 19.3. The summed E-state index contributed by atoms with van der Waals surface area (Å²) in [6.07, 6.45) is 4.55. The summed E-state index contributed by atoms with van der Waals surface area (Å²) in [5.74, 6) is -1.33. The van der Waals surface area contributed by atoms with E-state index in [0.29, 0.717) is 12.0 Å². The van der Waals surface area contributed by atoms with Gasteiger partial charge in [-0.05, 0) is 32.4 Å². The topological polar surface area (TPSA) is 58.6 Å². The summed E-state index contributed by atoms with van der Waals surface area (Å²) in [6.45, 7) is 0. The molecule has 1 aliphatic heterocycles. The number of rotatable bonds is 4. The second-order valence-corrected chi connectivity index (χ2v) is 7.00. The van der Waals surface area contributed by atoms with Crippen molar-refractivity contribution in [1.82, 2.24) is 10.2 Å². The summed E-state index contributed by atoms with van der Waals surface area (Å²) >= 11 is 0. The molecule has 1 N–H and O–H groups in total. The average molecular weight is 348 g/mol. The molecule has 1 saturated carbocycles. The Kier molecular flexibility index (Phi) is 5.37. The number of ether oxygens (including phenoxy) is 1. The zero-order chi connectivity index (χ0) is 18.0.